The van der Waals surface area contributed by atoms with Crippen LogP contribution in [0, 0.1) is 0 Å². The highest BCUT2D eigenvalue weighted by Gasteiger charge is 2.11. The Bertz CT molecular complexity index is 1040. The lowest BCUT2D eigenvalue weighted by atomic mass is 10.2. The Morgan fingerprint density at radius 2 is 2.23 bits per heavy atom. The average molecular weight is 365 g/mol. The monoisotopic (exact) mass is 365 g/mol. The molecule has 0 bridgehead atoms. The van der Waals surface area contributed by atoms with Crippen LogP contribution in [0.2, 0.25) is 0 Å². The minimum Gasteiger partial charge on any atom is -0.494 e. The molecule has 0 aliphatic carbocycles. The largest absolute Gasteiger partial charge is 0.494 e. The van der Waals surface area contributed by atoms with Crippen LogP contribution in [-0.2, 0) is 0 Å². The standard InChI is InChI=1S/C18H15N5O2S/c1-2-25-13-4-5-14-15(9-13)26-18(21-14)22-17(24)12-3-6-16(20-10-12)23-8-7-19-11-23/h3-11H,2H2,1H3,(H,21,22,24). The predicted molar refractivity (Wildman–Crippen MR) is 100 cm³/mol. The van der Waals surface area contributed by atoms with Crippen LogP contribution >= 0.6 is 11.3 Å². The zero-order chi connectivity index (χ0) is 17.9. The normalized spacial score (nSPS) is 10.8. The molecule has 0 aliphatic rings. The number of thiazole rings is 1. The molecule has 0 unspecified atom stereocenters. The summed E-state index contributed by atoms with van der Waals surface area (Å²) in [5.74, 6) is 1.24. The Kier molecular flexibility index (Phi) is 4.32. The zero-order valence-corrected chi connectivity index (χ0v) is 14.7. The van der Waals surface area contributed by atoms with E-state index in [0.29, 0.717) is 23.1 Å². The molecule has 8 heteroatoms. The van der Waals surface area contributed by atoms with E-state index in [2.05, 4.69) is 20.3 Å². The highest BCUT2D eigenvalue weighted by molar-refractivity contribution is 7.22. The van der Waals surface area contributed by atoms with Gasteiger partial charge in [-0.2, -0.15) is 0 Å². The Morgan fingerprint density at radius 1 is 1.31 bits per heavy atom. The number of carbonyl (C=O) groups excluding carboxylic acids is 1. The summed E-state index contributed by atoms with van der Waals surface area (Å²) < 4.78 is 8.22. The molecule has 0 aliphatic heterocycles. The van der Waals surface area contributed by atoms with Crippen LogP contribution in [0.1, 0.15) is 17.3 Å². The summed E-state index contributed by atoms with van der Waals surface area (Å²) in [5.41, 5.74) is 1.28. The molecule has 1 aromatic carbocycles. The van der Waals surface area contributed by atoms with E-state index in [1.807, 2.05) is 25.1 Å². The average Bonchev–Trinajstić information content (AvgIpc) is 3.31. The molecule has 4 aromatic rings. The van der Waals surface area contributed by atoms with E-state index in [-0.39, 0.29) is 5.91 Å². The van der Waals surface area contributed by atoms with Crippen molar-refractivity contribution in [2.24, 2.45) is 0 Å². The molecule has 0 atom stereocenters. The van der Waals surface area contributed by atoms with E-state index >= 15 is 0 Å². The van der Waals surface area contributed by atoms with E-state index in [1.165, 1.54) is 17.5 Å². The van der Waals surface area contributed by atoms with Gasteiger partial charge in [0.15, 0.2) is 5.13 Å². The van der Waals surface area contributed by atoms with Crippen LogP contribution in [0.5, 0.6) is 5.75 Å². The molecule has 4 rings (SSSR count). The van der Waals surface area contributed by atoms with Crippen molar-refractivity contribution >= 4 is 32.6 Å². The highest BCUT2D eigenvalue weighted by atomic mass is 32.1. The fraction of sp³-hybridized carbons (Fsp3) is 0.111. The summed E-state index contributed by atoms with van der Waals surface area (Å²) in [6, 6.07) is 9.17. The second kappa shape index (κ2) is 6.93. The predicted octanol–water partition coefficient (Wildman–Crippen LogP) is 3.53. The highest BCUT2D eigenvalue weighted by Crippen LogP contribution is 2.29. The number of anilines is 1. The third kappa shape index (κ3) is 3.27. The number of aromatic nitrogens is 4. The number of ether oxygens (including phenoxy) is 1. The van der Waals surface area contributed by atoms with E-state index in [0.717, 1.165) is 16.0 Å². The molecule has 0 fully saturated rings. The fourth-order valence-corrected chi connectivity index (χ4v) is 3.34. The van der Waals surface area contributed by atoms with Gasteiger partial charge in [0.1, 0.15) is 17.9 Å². The molecular formula is C18H15N5O2S. The molecular weight excluding hydrogens is 350 g/mol. The van der Waals surface area contributed by atoms with E-state index in [9.17, 15) is 4.79 Å². The molecule has 3 heterocycles. The third-order valence-electron chi connectivity index (χ3n) is 3.67. The van der Waals surface area contributed by atoms with Crippen molar-refractivity contribution in [3.8, 4) is 11.6 Å². The smallest absolute Gasteiger partial charge is 0.259 e. The number of imidazole rings is 1. The summed E-state index contributed by atoms with van der Waals surface area (Å²) in [6.45, 7) is 2.55. The molecule has 1 amide bonds. The Labute approximate surface area is 153 Å². The second-order valence-corrected chi connectivity index (χ2v) is 6.44. The van der Waals surface area contributed by atoms with Crippen molar-refractivity contribution in [3.05, 3.63) is 60.8 Å². The Morgan fingerprint density at radius 3 is 2.96 bits per heavy atom. The first-order valence-corrected chi connectivity index (χ1v) is 8.83. The van der Waals surface area contributed by atoms with Crippen molar-refractivity contribution in [2.45, 2.75) is 6.92 Å². The second-order valence-electron chi connectivity index (χ2n) is 5.41. The van der Waals surface area contributed by atoms with Gasteiger partial charge in [0.25, 0.3) is 5.91 Å². The van der Waals surface area contributed by atoms with Crippen LogP contribution < -0.4 is 10.1 Å². The van der Waals surface area contributed by atoms with Gasteiger partial charge in [-0.25, -0.2) is 15.0 Å². The molecule has 3 aromatic heterocycles. The maximum Gasteiger partial charge on any atom is 0.259 e. The lowest BCUT2D eigenvalue weighted by Gasteiger charge is -2.03. The van der Waals surface area contributed by atoms with Gasteiger partial charge >= 0.3 is 0 Å². The van der Waals surface area contributed by atoms with Crippen molar-refractivity contribution in [3.63, 3.8) is 0 Å². The van der Waals surface area contributed by atoms with Gasteiger partial charge < -0.3 is 4.74 Å². The first kappa shape index (κ1) is 16.2. The third-order valence-corrected chi connectivity index (χ3v) is 4.60. The summed E-state index contributed by atoms with van der Waals surface area (Å²) >= 11 is 1.41. The van der Waals surface area contributed by atoms with Gasteiger partial charge in [-0.1, -0.05) is 11.3 Å². The molecule has 1 N–H and O–H groups in total. The molecule has 7 nitrogen and oxygen atoms in total. The van der Waals surface area contributed by atoms with Crippen LogP contribution in [0.25, 0.3) is 16.0 Å². The zero-order valence-electron chi connectivity index (χ0n) is 13.9. The van der Waals surface area contributed by atoms with Gasteiger partial charge in [0.05, 0.1) is 22.4 Å². The van der Waals surface area contributed by atoms with Gasteiger partial charge in [0, 0.05) is 18.6 Å². The number of pyridine rings is 1. The summed E-state index contributed by atoms with van der Waals surface area (Å²) in [7, 11) is 0. The van der Waals surface area contributed by atoms with Crippen LogP contribution in [0.3, 0.4) is 0 Å². The Hall–Kier alpha value is -3.26. The number of carbonyl (C=O) groups is 1. The maximum atomic E-state index is 12.4. The van der Waals surface area contributed by atoms with Gasteiger partial charge in [-0.15, -0.1) is 0 Å². The number of hydrogen-bond acceptors (Lipinski definition) is 6. The summed E-state index contributed by atoms with van der Waals surface area (Å²) in [4.78, 5) is 25.1. The number of nitrogens with one attached hydrogen (secondary N) is 1. The lowest BCUT2D eigenvalue weighted by molar-refractivity contribution is 0.102. The van der Waals surface area contributed by atoms with E-state index < -0.39 is 0 Å². The van der Waals surface area contributed by atoms with Crippen molar-refractivity contribution in [2.75, 3.05) is 11.9 Å². The number of fused-ring (bicyclic) bond motifs is 1. The van der Waals surface area contributed by atoms with Gasteiger partial charge in [-0.05, 0) is 37.3 Å². The number of hydrogen-bond donors (Lipinski definition) is 1. The van der Waals surface area contributed by atoms with Crippen molar-refractivity contribution in [1.29, 1.82) is 0 Å². The molecule has 26 heavy (non-hydrogen) atoms. The minimum atomic E-state index is -0.251. The Balaban J connectivity index is 1.51. The van der Waals surface area contributed by atoms with Crippen LogP contribution in [0.15, 0.2) is 55.2 Å². The summed E-state index contributed by atoms with van der Waals surface area (Å²) in [5, 5.41) is 3.36. The molecule has 0 spiro atoms. The lowest BCUT2D eigenvalue weighted by Crippen LogP contribution is -2.12. The molecule has 0 radical (unpaired) electrons. The first-order valence-electron chi connectivity index (χ1n) is 8.02. The summed E-state index contributed by atoms with van der Waals surface area (Å²) in [6.07, 6.45) is 6.65. The van der Waals surface area contributed by atoms with Crippen molar-refractivity contribution in [1.82, 2.24) is 19.5 Å². The first-order chi connectivity index (χ1) is 12.7. The topological polar surface area (TPSA) is 81.9 Å². The molecule has 0 saturated heterocycles. The quantitative estimate of drug-likeness (QED) is 0.585. The van der Waals surface area contributed by atoms with Crippen LogP contribution in [0.4, 0.5) is 5.13 Å². The van der Waals surface area contributed by atoms with Crippen molar-refractivity contribution < 1.29 is 9.53 Å². The maximum absolute atomic E-state index is 12.4. The number of nitrogens with zero attached hydrogens (tertiary/aromatic N) is 4. The number of benzene rings is 1. The molecule has 0 saturated carbocycles. The molecule has 130 valence electrons. The van der Waals surface area contributed by atoms with Crippen LogP contribution in [-0.4, -0.2) is 32.0 Å². The van der Waals surface area contributed by atoms with Gasteiger partial charge in [-0.3, -0.25) is 14.7 Å². The SMILES string of the molecule is CCOc1ccc2nc(NC(=O)c3ccc(-n4ccnc4)nc3)sc2c1. The van der Waals surface area contributed by atoms with Gasteiger partial charge in [0.2, 0.25) is 0 Å². The number of amides is 1. The minimum absolute atomic E-state index is 0.251. The van der Waals surface area contributed by atoms with E-state index in [4.69, 9.17) is 4.74 Å². The van der Waals surface area contributed by atoms with E-state index in [1.54, 1.807) is 35.4 Å². The fourth-order valence-electron chi connectivity index (χ4n) is 2.45. The number of rotatable bonds is 5.